The molecule has 6 nitrogen and oxygen atoms in total. The molecule has 0 saturated carbocycles. The van der Waals surface area contributed by atoms with Crippen molar-refractivity contribution in [1.29, 1.82) is 0 Å². The molecule has 1 aliphatic rings. The summed E-state index contributed by atoms with van der Waals surface area (Å²) in [5, 5.41) is 10.3. The van der Waals surface area contributed by atoms with Gasteiger partial charge in [0.15, 0.2) is 0 Å². The zero-order chi connectivity index (χ0) is 13.2. The lowest BCUT2D eigenvalue weighted by Crippen LogP contribution is -2.24. The van der Waals surface area contributed by atoms with E-state index in [4.69, 9.17) is 4.74 Å². The first kappa shape index (κ1) is 12.4. The molecule has 1 N–H and O–H groups in total. The fraction of sp³-hybridized carbons (Fsp3) is 0.250. The summed E-state index contributed by atoms with van der Waals surface area (Å²) >= 11 is 2.23. The number of carbonyl (C=O) groups is 1. The fourth-order valence-corrected chi connectivity index (χ4v) is 2.38. The number of ether oxygens (including phenoxy) is 1. The molecule has 0 unspecified atom stereocenters. The summed E-state index contributed by atoms with van der Waals surface area (Å²) in [6.07, 6.45) is 1.72. The standard InChI is InChI=1S/C12H11IN4O2/c13-8-1-3-10(4-2-8)17-7-11(19-12(17)18)5-9-6-14-16-15-9/h1-4,6,11H,5,7H2,(H,14,15,16)/t11-/m1/s1. The van der Waals surface area contributed by atoms with Gasteiger partial charge in [-0.2, -0.15) is 15.4 Å². The van der Waals surface area contributed by atoms with Crippen molar-refractivity contribution in [2.75, 3.05) is 11.4 Å². The molecule has 0 spiro atoms. The molecule has 1 aromatic carbocycles. The zero-order valence-electron chi connectivity index (χ0n) is 9.91. The third-order valence-electron chi connectivity index (χ3n) is 2.91. The minimum absolute atomic E-state index is 0.183. The second-order valence-corrected chi connectivity index (χ2v) is 5.50. The van der Waals surface area contributed by atoms with E-state index < -0.39 is 0 Å². The highest BCUT2D eigenvalue weighted by Gasteiger charge is 2.32. The lowest BCUT2D eigenvalue weighted by Gasteiger charge is -2.12. The zero-order valence-corrected chi connectivity index (χ0v) is 12.1. The Balaban J connectivity index is 1.71. The number of carbonyl (C=O) groups excluding carboxylic acids is 1. The predicted octanol–water partition coefficient (Wildman–Crippen LogP) is 1.98. The second kappa shape index (κ2) is 5.16. The van der Waals surface area contributed by atoms with Crippen molar-refractivity contribution in [2.45, 2.75) is 12.5 Å². The van der Waals surface area contributed by atoms with Crippen molar-refractivity contribution < 1.29 is 9.53 Å². The van der Waals surface area contributed by atoms with Crippen LogP contribution >= 0.6 is 22.6 Å². The second-order valence-electron chi connectivity index (χ2n) is 4.26. The van der Waals surface area contributed by atoms with E-state index in [1.165, 1.54) is 0 Å². The van der Waals surface area contributed by atoms with Crippen LogP contribution in [-0.4, -0.2) is 34.2 Å². The maximum atomic E-state index is 11.9. The lowest BCUT2D eigenvalue weighted by atomic mass is 10.2. The molecule has 0 aliphatic carbocycles. The molecule has 2 aromatic rings. The summed E-state index contributed by atoms with van der Waals surface area (Å²) in [7, 11) is 0. The normalized spacial score (nSPS) is 18.7. The average Bonchev–Trinajstić information content (AvgIpc) is 3.01. The monoisotopic (exact) mass is 370 g/mol. The third-order valence-corrected chi connectivity index (χ3v) is 3.63. The van der Waals surface area contributed by atoms with E-state index in [9.17, 15) is 4.79 Å². The average molecular weight is 370 g/mol. The lowest BCUT2D eigenvalue weighted by molar-refractivity contribution is 0.141. The number of nitrogens with one attached hydrogen (secondary N) is 1. The highest BCUT2D eigenvalue weighted by Crippen LogP contribution is 2.23. The molecule has 1 aromatic heterocycles. The molecule has 1 saturated heterocycles. The summed E-state index contributed by atoms with van der Waals surface area (Å²) < 4.78 is 6.47. The smallest absolute Gasteiger partial charge is 0.414 e. The van der Waals surface area contributed by atoms with E-state index in [0.717, 1.165) is 15.0 Å². The van der Waals surface area contributed by atoms with Crippen LogP contribution in [0.2, 0.25) is 0 Å². The molecule has 1 aliphatic heterocycles. The topological polar surface area (TPSA) is 71.1 Å². The largest absolute Gasteiger partial charge is 0.444 e. The Hall–Kier alpha value is -1.64. The maximum Gasteiger partial charge on any atom is 0.414 e. The van der Waals surface area contributed by atoms with Crippen molar-refractivity contribution in [3.8, 4) is 0 Å². The minimum atomic E-state index is -0.310. The quantitative estimate of drug-likeness (QED) is 0.839. The van der Waals surface area contributed by atoms with Crippen LogP contribution < -0.4 is 4.90 Å². The van der Waals surface area contributed by atoms with Crippen LogP contribution in [0.25, 0.3) is 0 Å². The number of amides is 1. The SMILES string of the molecule is O=C1O[C@H](Cc2cn[nH]n2)CN1c1ccc(I)cc1. The van der Waals surface area contributed by atoms with E-state index >= 15 is 0 Å². The van der Waals surface area contributed by atoms with Crippen molar-refractivity contribution in [1.82, 2.24) is 15.4 Å². The molecule has 3 rings (SSSR count). The molecule has 2 heterocycles. The van der Waals surface area contributed by atoms with Crippen molar-refractivity contribution >= 4 is 34.4 Å². The molecular weight excluding hydrogens is 359 g/mol. The number of benzene rings is 1. The van der Waals surface area contributed by atoms with Crippen molar-refractivity contribution in [3.05, 3.63) is 39.7 Å². The van der Waals surface area contributed by atoms with E-state index in [2.05, 4.69) is 38.0 Å². The van der Waals surface area contributed by atoms with Gasteiger partial charge in [-0.05, 0) is 46.9 Å². The number of hydrogen-bond acceptors (Lipinski definition) is 4. The Labute approximate surface area is 123 Å². The van der Waals surface area contributed by atoms with Crippen LogP contribution in [0.4, 0.5) is 10.5 Å². The first-order valence-electron chi connectivity index (χ1n) is 5.81. The van der Waals surface area contributed by atoms with Crippen molar-refractivity contribution in [2.24, 2.45) is 0 Å². The van der Waals surface area contributed by atoms with Gasteiger partial charge in [0.25, 0.3) is 0 Å². The van der Waals surface area contributed by atoms with E-state index in [1.807, 2.05) is 24.3 Å². The van der Waals surface area contributed by atoms with Gasteiger partial charge in [-0.1, -0.05) is 0 Å². The molecule has 98 valence electrons. The highest BCUT2D eigenvalue weighted by atomic mass is 127. The van der Waals surface area contributed by atoms with Crippen molar-refractivity contribution in [3.63, 3.8) is 0 Å². The molecule has 1 fully saturated rings. The third kappa shape index (κ3) is 2.70. The predicted molar refractivity (Wildman–Crippen MR) is 76.9 cm³/mol. The Morgan fingerprint density at radius 1 is 1.42 bits per heavy atom. The molecule has 0 bridgehead atoms. The van der Waals surface area contributed by atoms with Crippen LogP contribution in [0.3, 0.4) is 0 Å². The Morgan fingerprint density at radius 3 is 2.89 bits per heavy atom. The van der Waals surface area contributed by atoms with Gasteiger partial charge in [0.2, 0.25) is 0 Å². The minimum Gasteiger partial charge on any atom is -0.444 e. The van der Waals surface area contributed by atoms with Gasteiger partial charge in [0.1, 0.15) is 6.10 Å². The summed E-state index contributed by atoms with van der Waals surface area (Å²) in [5.41, 5.74) is 1.65. The summed E-state index contributed by atoms with van der Waals surface area (Å²) in [6.45, 7) is 0.534. The van der Waals surface area contributed by atoms with E-state index in [-0.39, 0.29) is 12.2 Å². The van der Waals surface area contributed by atoms with E-state index in [1.54, 1.807) is 11.1 Å². The number of H-pyrrole nitrogens is 1. The number of cyclic esters (lactones) is 1. The van der Waals surface area contributed by atoms with Gasteiger partial charge < -0.3 is 4.74 Å². The van der Waals surface area contributed by atoms with Gasteiger partial charge >= 0.3 is 6.09 Å². The molecule has 19 heavy (non-hydrogen) atoms. The Morgan fingerprint density at radius 2 is 2.21 bits per heavy atom. The van der Waals surface area contributed by atoms with Crippen LogP contribution in [0.1, 0.15) is 5.69 Å². The number of aromatic amines is 1. The maximum absolute atomic E-state index is 11.9. The Bertz CT molecular complexity index is 570. The number of aromatic nitrogens is 3. The number of halogens is 1. The summed E-state index contributed by atoms with van der Waals surface area (Å²) in [6, 6.07) is 7.77. The fourth-order valence-electron chi connectivity index (χ4n) is 2.02. The van der Waals surface area contributed by atoms with E-state index in [0.29, 0.717) is 13.0 Å². The van der Waals surface area contributed by atoms with Gasteiger partial charge in [-0.15, -0.1) is 0 Å². The van der Waals surface area contributed by atoms with Gasteiger partial charge in [-0.25, -0.2) is 4.79 Å². The van der Waals surface area contributed by atoms with Gasteiger partial charge in [0.05, 0.1) is 18.4 Å². The number of nitrogens with zero attached hydrogens (tertiary/aromatic N) is 3. The summed E-state index contributed by atoms with van der Waals surface area (Å²) in [5.74, 6) is 0. The number of anilines is 1. The Kier molecular flexibility index (Phi) is 3.36. The molecule has 0 radical (unpaired) electrons. The van der Waals surface area contributed by atoms with Crippen LogP contribution in [0.5, 0.6) is 0 Å². The molecule has 1 amide bonds. The first-order chi connectivity index (χ1) is 9.22. The number of hydrogen-bond donors (Lipinski definition) is 1. The highest BCUT2D eigenvalue weighted by molar-refractivity contribution is 14.1. The van der Waals surface area contributed by atoms with Crippen LogP contribution in [-0.2, 0) is 11.2 Å². The van der Waals surface area contributed by atoms with Crippen LogP contribution in [0.15, 0.2) is 30.5 Å². The van der Waals surface area contributed by atoms with Gasteiger partial charge in [-0.3, -0.25) is 4.90 Å². The molecule has 1 atom stereocenters. The first-order valence-corrected chi connectivity index (χ1v) is 6.88. The van der Waals surface area contributed by atoms with Crippen LogP contribution in [0, 0.1) is 3.57 Å². The van der Waals surface area contributed by atoms with Gasteiger partial charge in [0, 0.05) is 15.7 Å². The number of rotatable bonds is 3. The summed E-state index contributed by atoms with van der Waals surface area (Å²) in [4.78, 5) is 13.5. The molecular formula is C12H11IN4O2. The molecule has 7 heteroatoms.